The molecule has 96 valence electrons. The van der Waals surface area contributed by atoms with Gasteiger partial charge in [-0.25, -0.2) is 0 Å². The van der Waals surface area contributed by atoms with Crippen LogP contribution in [0.25, 0.3) is 0 Å². The van der Waals surface area contributed by atoms with Crippen molar-refractivity contribution in [2.75, 3.05) is 25.5 Å². The van der Waals surface area contributed by atoms with Crippen LogP contribution in [0.5, 0.6) is 0 Å². The first kappa shape index (κ1) is 14.5. The maximum Gasteiger partial charge on any atom is 0.192 e. The van der Waals surface area contributed by atoms with Crippen LogP contribution in [0.2, 0.25) is 18.1 Å². The van der Waals surface area contributed by atoms with Crippen molar-refractivity contribution >= 4 is 19.9 Å². The lowest BCUT2D eigenvalue weighted by Gasteiger charge is -2.38. The lowest BCUT2D eigenvalue weighted by Crippen LogP contribution is -2.44. The molecule has 1 heterocycles. The Kier molecular flexibility index (Phi) is 4.87. The minimum atomic E-state index is -1.58. The smallest absolute Gasteiger partial charge is 0.192 e. The van der Waals surface area contributed by atoms with Gasteiger partial charge in [-0.05, 0) is 24.6 Å². The van der Waals surface area contributed by atoms with E-state index in [2.05, 4.69) is 38.8 Å². The lowest BCUT2D eigenvalue weighted by molar-refractivity contribution is 0.183. The van der Waals surface area contributed by atoms with E-state index in [0.717, 1.165) is 25.5 Å². The van der Waals surface area contributed by atoms with Crippen molar-refractivity contribution in [3.8, 4) is 0 Å². The molecule has 0 bridgehead atoms. The van der Waals surface area contributed by atoms with E-state index in [1.807, 2.05) is 0 Å². The first-order chi connectivity index (χ1) is 7.26. The predicted octanol–water partition coefficient (Wildman–Crippen LogP) is 3.32. The van der Waals surface area contributed by atoms with Crippen molar-refractivity contribution in [1.82, 2.24) is 4.90 Å². The number of alkyl halides is 1. The Morgan fingerprint density at radius 1 is 1.38 bits per heavy atom. The third-order valence-corrected chi connectivity index (χ3v) is 8.60. The first-order valence-corrected chi connectivity index (χ1v) is 9.67. The summed E-state index contributed by atoms with van der Waals surface area (Å²) < 4.78 is 6.39. The molecule has 0 N–H and O–H groups in total. The van der Waals surface area contributed by atoms with E-state index < -0.39 is 8.32 Å². The molecule has 0 spiro atoms. The van der Waals surface area contributed by atoms with E-state index in [0.29, 0.717) is 11.1 Å². The summed E-state index contributed by atoms with van der Waals surface area (Å²) in [6, 6.07) is 0. The minimum absolute atomic E-state index is 0.312. The molecule has 1 saturated heterocycles. The second-order valence-electron chi connectivity index (χ2n) is 6.28. The molecule has 1 atom stereocenters. The van der Waals surface area contributed by atoms with Gasteiger partial charge in [0.1, 0.15) is 0 Å². The molecule has 1 aliphatic rings. The first-order valence-electron chi connectivity index (χ1n) is 6.22. The highest BCUT2D eigenvalue weighted by Gasteiger charge is 2.40. The van der Waals surface area contributed by atoms with Gasteiger partial charge in [-0.15, -0.1) is 11.6 Å². The molecule has 1 aliphatic heterocycles. The van der Waals surface area contributed by atoms with E-state index in [9.17, 15) is 0 Å². The van der Waals surface area contributed by atoms with Crippen LogP contribution < -0.4 is 0 Å². The molecule has 0 radical (unpaired) electrons. The number of halogens is 1. The second-order valence-corrected chi connectivity index (χ2v) is 11.4. The van der Waals surface area contributed by atoms with Gasteiger partial charge in [0.15, 0.2) is 8.32 Å². The van der Waals surface area contributed by atoms with Gasteiger partial charge in [-0.1, -0.05) is 20.8 Å². The third kappa shape index (κ3) is 3.72. The Hall–Kier alpha value is 0.427. The Labute approximate surface area is 106 Å². The van der Waals surface area contributed by atoms with Gasteiger partial charge in [0.25, 0.3) is 0 Å². The normalized spacial score (nSPS) is 24.0. The molecule has 2 nitrogen and oxygen atoms in total. The number of nitrogens with zero attached hydrogens (tertiary/aromatic N) is 1. The molecular formula is C12H26ClNOSi. The summed E-state index contributed by atoms with van der Waals surface area (Å²) in [4.78, 5) is 2.41. The Morgan fingerprint density at radius 2 is 2.00 bits per heavy atom. The highest BCUT2D eigenvalue weighted by atomic mass is 35.5. The van der Waals surface area contributed by atoms with Crippen molar-refractivity contribution in [3.63, 3.8) is 0 Å². The van der Waals surface area contributed by atoms with Crippen LogP contribution >= 0.6 is 11.6 Å². The summed E-state index contributed by atoms with van der Waals surface area (Å²) in [5, 5.41) is 0.312. The van der Waals surface area contributed by atoms with E-state index >= 15 is 0 Å². The van der Waals surface area contributed by atoms with Crippen LogP contribution in [0.1, 0.15) is 27.2 Å². The van der Waals surface area contributed by atoms with Gasteiger partial charge in [-0.2, -0.15) is 0 Å². The molecule has 16 heavy (non-hydrogen) atoms. The SMILES string of the molecule is CC(C)(C)[Si](C)(C)O[C@H]1CCN(CCCl)C1. The Balaban J connectivity index is 2.45. The van der Waals surface area contributed by atoms with E-state index in [1.165, 1.54) is 6.42 Å². The van der Waals surface area contributed by atoms with Gasteiger partial charge in [0.2, 0.25) is 0 Å². The van der Waals surface area contributed by atoms with Crippen molar-refractivity contribution in [2.24, 2.45) is 0 Å². The zero-order valence-corrected chi connectivity index (χ0v) is 13.1. The fourth-order valence-electron chi connectivity index (χ4n) is 1.81. The molecular weight excluding hydrogens is 238 g/mol. The number of hydrogen-bond acceptors (Lipinski definition) is 2. The number of likely N-dealkylation sites (tertiary alicyclic amines) is 1. The van der Waals surface area contributed by atoms with E-state index in [4.69, 9.17) is 16.0 Å². The molecule has 0 aromatic carbocycles. The molecule has 0 aromatic rings. The summed E-state index contributed by atoms with van der Waals surface area (Å²) in [6.45, 7) is 14.8. The second kappa shape index (κ2) is 5.38. The third-order valence-electron chi connectivity index (χ3n) is 3.90. The molecule has 0 unspecified atom stereocenters. The van der Waals surface area contributed by atoms with Crippen LogP contribution in [-0.2, 0) is 4.43 Å². The summed E-state index contributed by atoms with van der Waals surface area (Å²) in [7, 11) is -1.58. The van der Waals surface area contributed by atoms with Crippen LogP contribution in [0.3, 0.4) is 0 Å². The molecule has 0 aromatic heterocycles. The highest BCUT2D eigenvalue weighted by molar-refractivity contribution is 6.74. The van der Waals surface area contributed by atoms with Crippen LogP contribution in [-0.4, -0.2) is 44.8 Å². The zero-order valence-electron chi connectivity index (χ0n) is 11.3. The molecule has 0 amide bonds. The van der Waals surface area contributed by atoms with Crippen molar-refractivity contribution in [3.05, 3.63) is 0 Å². The van der Waals surface area contributed by atoms with E-state index in [-0.39, 0.29) is 0 Å². The van der Waals surface area contributed by atoms with Crippen LogP contribution in [0.4, 0.5) is 0 Å². The van der Waals surface area contributed by atoms with E-state index in [1.54, 1.807) is 0 Å². The average Bonchev–Trinajstić information content (AvgIpc) is 2.50. The quantitative estimate of drug-likeness (QED) is 0.570. The maximum absolute atomic E-state index is 6.39. The highest BCUT2D eigenvalue weighted by Crippen LogP contribution is 2.38. The molecule has 4 heteroatoms. The molecule has 1 rings (SSSR count). The topological polar surface area (TPSA) is 12.5 Å². The van der Waals surface area contributed by atoms with Gasteiger partial charge < -0.3 is 4.43 Å². The molecule has 0 aliphatic carbocycles. The largest absolute Gasteiger partial charge is 0.413 e. The lowest BCUT2D eigenvalue weighted by atomic mass is 10.2. The van der Waals surface area contributed by atoms with Crippen LogP contribution in [0.15, 0.2) is 0 Å². The average molecular weight is 264 g/mol. The summed E-state index contributed by atoms with van der Waals surface area (Å²) in [5.41, 5.74) is 0. The molecule has 0 saturated carbocycles. The summed E-state index contributed by atoms with van der Waals surface area (Å²) >= 11 is 5.76. The number of rotatable bonds is 4. The van der Waals surface area contributed by atoms with Crippen molar-refractivity contribution < 1.29 is 4.43 Å². The fourth-order valence-corrected chi connectivity index (χ4v) is 3.43. The zero-order chi connectivity index (χ0) is 12.4. The maximum atomic E-state index is 6.39. The van der Waals surface area contributed by atoms with Crippen molar-refractivity contribution in [1.29, 1.82) is 0 Å². The van der Waals surface area contributed by atoms with Crippen molar-refractivity contribution in [2.45, 2.75) is 51.4 Å². The number of hydrogen-bond donors (Lipinski definition) is 0. The van der Waals surface area contributed by atoms with Gasteiger partial charge in [-0.3, -0.25) is 4.90 Å². The Bertz CT molecular complexity index is 228. The standard InChI is InChI=1S/C12H26ClNOSi/c1-12(2,3)16(4,5)15-11-6-8-14(10-11)9-7-13/h11H,6-10H2,1-5H3/t11-/m0/s1. The van der Waals surface area contributed by atoms with Gasteiger partial charge in [0.05, 0.1) is 6.10 Å². The Morgan fingerprint density at radius 3 is 2.50 bits per heavy atom. The fraction of sp³-hybridized carbons (Fsp3) is 1.00. The van der Waals surface area contributed by atoms with Gasteiger partial charge in [0, 0.05) is 25.5 Å². The molecule has 1 fully saturated rings. The summed E-state index contributed by atoms with van der Waals surface area (Å²) in [6.07, 6.45) is 1.60. The van der Waals surface area contributed by atoms with Crippen LogP contribution in [0, 0.1) is 0 Å². The predicted molar refractivity (Wildman–Crippen MR) is 73.8 cm³/mol. The summed E-state index contributed by atoms with van der Waals surface area (Å²) in [5.74, 6) is 0.729. The monoisotopic (exact) mass is 263 g/mol. The van der Waals surface area contributed by atoms with Gasteiger partial charge >= 0.3 is 0 Å². The minimum Gasteiger partial charge on any atom is -0.413 e.